The van der Waals surface area contributed by atoms with Crippen LogP contribution in [0.5, 0.6) is 0 Å². The van der Waals surface area contributed by atoms with Gasteiger partial charge in [0.05, 0.1) is 12.2 Å². The summed E-state index contributed by atoms with van der Waals surface area (Å²) in [5.41, 5.74) is 1.17. The van der Waals surface area contributed by atoms with Gasteiger partial charge in [-0.3, -0.25) is 14.6 Å². The van der Waals surface area contributed by atoms with E-state index in [0.29, 0.717) is 25.9 Å². The van der Waals surface area contributed by atoms with E-state index in [9.17, 15) is 9.59 Å². The third kappa shape index (κ3) is 4.44. The second-order valence-corrected chi connectivity index (χ2v) is 6.43. The number of carbonyl (C=O) groups excluding carboxylic acids is 2. The Morgan fingerprint density at radius 1 is 0.960 bits per heavy atom. The Hall–Kier alpha value is -2.69. The Bertz CT molecular complexity index is 712. The van der Waals surface area contributed by atoms with Crippen molar-refractivity contribution in [2.24, 2.45) is 5.41 Å². The van der Waals surface area contributed by atoms with Gasteiger partial charge >= 0.3 is 0 Å². The summed E-state index contributed by atoms with van der Waals surface area (Å²) in [5.74, 6) is -0.349. The van der Waals surface area contributed by atoms with Crippen molar-refractivity contribution >= 4 is 11.8 Å². The largest absolute Gasteiger partial charge is 0.355 e. The fourth-order valence-corrected chi connectivity index (χ4v) is 2.83. The van der Waals surface area contributed by atoms with Crippen LogP contribution in [0.4, 0.5) is 0 Å². The number of nitrogens with zero attached hydrogens (tertiary/aromatic N) is 1. The zero-order chi connectivity index (χ0) is 17.5. The maximum Gasteiger partial charge on any atom is 0.236 e. The summed E-state index contributed by atoms with van der Waals surface area (Å²) in [4.78, 5) is 29.0. The molecular weight excluding hydrogens is 314 g/mol. The fourth-order valence-electron chi connectivity index (χ4n) is 2.83. The molecule has 0 spiro atoms. The Labute approximate surface area is 147 Å². The van der Waals surface area contributed by atoms with E-state index < -0.39 is 5.41 Å². The first-order valence-corrected chi connectivity index (χ1v) is 8.71. The van der Waals surface area contributed by atoms with Crippen molar-refractivity contribution in [3.05, 3.63) is 66.0 Å². The van der Waals surface area contributed by atoms with Crippen molar-refractivity contribution < 1.29 is 9.59 Å². The molecule has 1 aromatic heterocycles. The lowest BCUT2D eigenvalue weighted by atomic mass is 10.0. The van der Waals surface area contributed by atoms with Crippen LogP contribution in [-0.2, 0) is 22.6 Å². The molecule has 3 rings (SSSR count). The van der Waals surface area contributed by atoms with E-state index in [0.717, 1.165) is 18.5 Å². The van der Waals surface area contributed by atoms with Crippen molar-refractivity contribution in [2.45, 2.75) is 32.2 Å². The van der Waals surface area contributed by atoms with Crippen LogP contribution in [0, 0.1) is 5.41 Å². The molecule has 2 N–H and O–H groups in total. The van der Waals surface area contributed by atoms with E-state index in [4.69, 9.17) is 0 Å². The second kappa shape index (κ2) is 7.92. The third-order valence-corrected chi connectivity index (χ3v) is 4.55. The van der Waals surface area contributed by atoms with Gasteiger partial charge in [0.15, 0.2) is 0 Å². The highest BCUT2D eigenvalue weighted by Gasteiger charge is 2.56. The van der Waals surface area contributed by atoms with Gasteiger partial charge in [0.2, 0.25) is 11.8 Å². The number of amides is 2. The molecule has 1 heterocycles. The molecule has 2 amide bonds. The molecule has 1 aliphatic carbocycles. The van der Waals surface area contributed by atoms with Crippen LogP contribution in [-0.4, -0.2) is 23.3 Å². The lowest BCUT2D eigenvalue weighted by molar-refractivity contribution is -0.137. The average Bonchev–Trinajstić information content (AvgIpc) is 3.47. The molecule has 25 heavy (non-hydrogen) atoms. The molecule has 5 heteroatoms. The summed E-state index contributed by atoms with van der Waals surface area (Å²) >= 11 is 0. The molecule has 2 aromatic rings. The molecule has 0 aliphatic heterocycles. The monoisotopic (exact) mass is 337 g/mol. The standard InChI is InChI=1S/C20H23N3O2/c24-18(22-14-6-9-16-7-2-1-3-8-16)20(11-12-20)19(25)23-15-17-10-4-5-13-21-17/h1-5,7-8,10,13H,6,9,11-12,14-15H2,(H,22,24)(H,23,25). The third-order valence-electron chi connectivity index (χ3n) is 4.55. The fraction of sp³-hybridized carbons (Fsp3) is 0.350. The number of rotatable bonds is 8. The zero-order valence-electron chi connectivity index (χ0n) is 14.2. The van der Waals surface area contributed by atoms with E-state index in [1.807, 2.05) is 36.4 Å². The zero-order valence-corrected chi connectivity index (χ0v) is 14.2. The lowest BCUT2D eigenvalue weighted by Gasteiger charge is -2.15. The highest BCUT2D eigenvalue weighted by Crippen LogP contribution is 2.46. The predicted molar refractivity (Wildman–Crippen MR) is 95.5 cm³/mol. The minimum Gasteiger partial charge on any atom is -0.355 e. The first-order valence-electron chi connectivity index (χ1n) is 8.71. The Kier molecular flexibility index (Phi) is 5.43. The lowest BCUT2D eigenvalue weighted by Crippen LogP contribution is -2.43. The summed E-state index contributed by atoms with van der Waals surface area (Å²) in [7, 11) is 0. The van der Waals surface area contributed by atoms with Crippen molar-refractivity contribution in [3.8, 4) is 0 Å². The SMILES string of the molecule is O=C(NCCCc1ccccc1)C1(C(=O)NCc2ccccn2)CC1. The maximum absolute atomic E-state index is 12.4. The van der Waals surface area contributed by atoms with Crippen LogP contribution in [0.15, 0.2) is 54.7 Å². The summed E-state index contributed by atoms with van der Waals surface area (Å²) < 4.78 is 0. The number of nitrogens with one attached hydrogen (secondary N) is 2. The van der Waals surface area contributed by atoms with Gasteiger partial charge in [0, 0.05) is 12.7 Å². The second-order valence-electron chi connectivity index (χ2n) is 6.43. The number of aromatic nitrogens is 1. The van der Waals surface area contributed by atoms with Crippen molar-refractivity contribution in [2.75, 3.05) is 6.54 Å². The number of hydrogen-bond acceptors (Lipinski definition) is 3. The van der Waals surface area contributed by atoms with Crippen molar-refractivity contribution in [1.82, 2.24) is 15.6 Å². The number of benzene rings is 1. The van der Waals surface area contributed by atoms with Crippen molar-refractivity contribution in [3.63, 3.8) is 0 Å². The van der Waals surface area contributed by atoms with Gasteiger partial charge in [-0.05, 0) is 43.4 Å². The first-order chi connectivity index (χ1) is 12.2. The first kappa shape index (κ1) is 17.1. The van der Waals surface area contributed by atoms with E-state index in [1.165, 1.54) is 5.56 Å². The summed E-state index contributed by atoms with van der Waals surface area (Å²) in [6, 6.07) is 15.7. The molecule has 0 bridgehead atoms. The molecule has 130 valence electrons. The van der Waals surface area contributed by atoms with Gasteiger partial charge in [-0.25, -0.2) is 0 Å². The smallest absolute Gasteiger partial charge is 0.236 e. The highest BCUT2D eigenvalue weighted by atomic mass is 16.2. The van der Waals surface area contributed by atoms with Crippen LogP contribution in [0.3, 0.4) is 0 Å². The quantitative estimate of drug-likeness (QED) is 0.573. The van der Waals surface area contributed by atoms with Crippen LogP contribution in [0.2, 0.25) is 0 Å². The van der Waals surface area contributed by atoms with Gasteiger partial charge in [0.25, 0.3) is 0 Å². The van der Waals surface area contributed by atoms with Gasteiger partial charge in [-0.2, -0.15) is 0 Å². The van der Waals surface area contributed by atoms with E-state index in [1.54, 1.807) is 6.20 Å². The van der Waals surface area contributed by atoms with Gasteiger partial charge < -0.3 is 10.6 Å². The van der Waals surface area contributed by atoms with E-state index in [-0.39, 0.29) is 11.8 Å². The van der Waals surface area contributed by atoms with Gasteiger partial charge in [0.1, 0.15) is 5.41 Å². The Morgan fingerprint density at radius 2 is 1.68 bits per heavy atom. The maximum atomic E-state index is 12.4. The molecule has 0 saturated heterocycles. The number of pyridine rings is 1. The Balaban J connectivity index is 1.42. The molecule has 1 saturated carbocycles. The van der Waals surface area contributed by atoms with Crippen molar-refractivity contribution in [1.29, 1.82) is 0 Å². The summed E-state index contributed by atoms with van der Waals surface area (Å²) in [6.07, 6.45) is 4.70. The molecule has 1 aromatic carbocycles. The minimum atomic E-state index is -0.873. The number of carbonyl (C=O) groups is 2. The molecule has 1 fully saturated rings. The molecule has 0 atom stereocenters. The normalized spacial score (nSPS) is 14.6. The molecule has 0 radical (unpaired) electrons. The molecule has 1 aliphatic rings. The molecule has 0 unspecified atom stereocenters. The highest BCUT2D eigenvalue weighted by molar-refractivity contribution is 6.07. The Morgan fingerprint density at radius 3 is 2.36 bits per heavy atom. The van der Waals surface area contributed by atoms with Gasteiger partial charge in [-0.1, -0.05) is 36.4 Å². The van der Waals surface area contributed by atoms with Crippen LogP contribution in [0.1, 0.15) is 30.5 Å². The number of aryl methyl sites for hydroxylation is 1. The van der Waals surface area contributed by atoms with Gasteiger partial charge in [-0.15, -0.1) is 0 Å². The number of hydrogen-bond donors (Lipinski definition) is 2. The van der Waals surface area contributed by atoms with E-state index in [2.05, 4.69) is 27.8 Å². The van der Waals surface area contributed by atoms with Crippen LogP contribution < -0.4 is 10.6 Å². The minimum absolute atomic E-state index is 0.154. The summed E-state index contributed by atoms with van der Waals surface area (Å²) in [5, 5.41) is 5.76. The summed E-state index contributed by atoms with van der Waals surface area (Å²) in [6.45, 7) is 0.936. The van der Waals surface area contributed by atoms with Crippen LogP contribution in [0.25, 0.3) is 0 Å². The van der Waals surface area contributed by atoms with Crippen LogP contribution >= 0.6 is 0 Å². The molecule has 5 nitrogen and oxygen atoms in total. The molecular formula is C20H23N3O2. The topological polar surface area (TPSA) is 71.1 Å². The average molecular weight is 337 g/mol. The van der Waals surface area contributed by atoms with E-state index >= 15 is 0 Å². The predicted octanol–water partition coefficient (Wildman–Crippen LogP) is 2.23.